The molecular weight excluding hydrogens is 603 g/mol. The molecule has 0 amide bonds. The number of nitrogens with zero attached hydrogens (tertiary/aromatic N) is 1. The number of nitrogens with one attached hydrogen (secondary N) is 2. The zero-order valence-corrected chi connectivity index (χ0v) is 25.5. The molecule has 0 aliphatic carbocycles. The number of hydrogen-bond acceptors (Lipinski definition) is 9. The van der Waals surface area contributed by atoms with Gasteiger partial charge in [0.25, 0.3) is 5.56 Å². The number of rotatable bonds is 11. The van der Waals surface area contributed by atoms with Crippen LogP contribution in [0.1, 0.15) is 39.5 Å². The SMILES string of the molecule is Cc1ccc(-c2ccc(OP(=O)(NC(C)C(=O)OC(C)C)OCC3OC(n4ccc(=O)[nH]c4=O)C(C)(F)C3O)cc2)cc1F. The second-order valence-electron chi connectivity index (χ2n) is 10.8. The van der Waals surface area contributed by atoms with Gasteiger partial charge in [-0.15, -0.1) is 0 Å². The summed E-state index contributed by atoms with van der Waals surface area (Å²) in [5.41, 5.74) is -2.48. The summed E-state index contributed by atoms with van der Waals surface area (Å²) in [4.78, 5) is 38.2. The highest BCUT2D eigenvalue weighted by atomic mass is 31.2. The van der Waals surface area contributed by atoms with E-state index in [0.717, 1.165) is 23.8 Å². The Labute approximate surface area is 251 Å². The minimum absolute atomic E-state index is 0.0440. The van der Waals surface area contributed by atoms with E-state index in [9.17, 15) is 28.4 Å². The van der Waals surface area contributed by atoms with E-state index in [0.29, 0.717) is 16.7 Å². The molecule has 1 aliphatic heterocycles. The van der Waals surface area contributed by atoms with Crippen LogP contribution in [-0.2, 0) is 23.4 Å². The number of ether oxygens (including phenoxy) is 2. The summed E-state index contributed by atoms with van der Waals surface area (Å²) >= 11 is 0. The lowest BCUT2D eigenvalue weighted by Gasteiger charge is -2.25. The number of carbonyl (C=O) groups excluding carboxylic acids is 1. The largest absolute Gasteiger partial charge is 0.462 e. The number of aromatic nitrogens is 2. The van der Waals surface area contributed by atoms with E-state index in [1.807, 2.05) is 4.98 Å². The maximum atomic E-state index is 15.6. The van der Waals surface area contributed by atoms with Crippen LogP contribution in [0.15, 0.2) is 64.3 Å². The van der Waals surface area contributed by atoms with Gasteiger partial charge in [0.15, 0.2) is 11.9 Å². The van der Waals surface area contributed by atoms with Gasteiger partial charge in [0.05, 0.1) is 12.7 Å². The molecule has 2 heterocycles. The number of benzene rings is 2. The second-order valence-corrected chi connectivity index (χ2v) is 12.5. The lowest BCUT2D eigenvalue weighted by atomic mass is 9.98. The number of hydrogen-bond donors (Lipinski definition) is 3. The summed E-state index contributed by atoms with van der Waals surface area (Å²) in [5, 5.41) is 13.2. The Morgan fingerprint density at radius 2 is 1.82 bits per heavy atom. The molecule has 0 bridgehead atoms. The number of aryl methyl sites for hydroxylation is 1. The molecule has 4 rings (SSSR count). The fraction of sp³-hybridized carbons (Fsp3) is 0.414. The Morgan fingerprint density at radius 1 is 1.16 bits per heavy atom. The maximum absolute atomic E-state index is 15.6. The van der Waals surface area contributed by atoms with Gasteiger partial charge in [0, 0.05) is 12.3 Å². The van der Waals surface area contributed by atoms with Crippen LogP contribution < -0.4 is 20.9 Å². The van der Waals surface area contributed by atoms with Gasteiger partial charge in [0.2, 0.25) is 0 Å². The normalized spacial score (nSPS) is 23.7. The van der Waals surface area contributed by atoms with Crippen molar-refractivity contribution in [3.8, 4) is 16.9 Å². The minimum atomic E-state index is -4.47. The Balaban J connectivity index is 1.55. The van der Waals surface area contributed by atoms with Crippen LogP contribution in [0.4, 0.5) is 8.78 Å². The number of halogens is 2. The molecule has 0 spiro atoms. The van der Waals surface area contributed by atoms with Crippen LogP contribution in [0.5, 0.6) is 5.75 Å². The Morgan fingerprint density at radius 3 is 2.43 bits per heavy atom. The van der Waals surface area contributed by atoms with E-state index >= 15 is 4.39 Å². The molecule has 0 radical (unpaired) electrons. The van der Waals surface area contributed by atoms with Crippen molar-refractivity contribution in [2.75, 3.05) is 6.61 Å². The number of H-pyrrole nitrogens is 1. The van der Waals surface area contributed by atoms with Gasteiger partial charge in [0.1, 0.15) is 29.8 Å². The van der Waals surface area contributed by atoms with Crippen molar-refractivity contribution in [3.05, 3.63) is 86.9 Å². The molecule has 238 valence electrons. The molecule has 1 saturated heterocycles. The molecule has 12 nitrogen and oxygen atoms in total. The van der Waals surface area contributed by atoms with Crippen LogP contribution in [0, 0.1) is 12.7 Å². The lowest BCUT2D eigenvalue weighted by Crippen LogP contribution is -2.43. The van der Waals surface area contributed by atoms with Crippen LogP contribution in [0.25, 0.3) is 11.1 Å². The molecule has 3 N–H and O–H groups in total. The van der Waals surface area contributed by atoms with Crippen molar-refractivity contribution >= 4 is 13.7 Å². The standard InChI is InChI=1S/C29H34F2N3O9P/c1-16(2)41-26(37)18(4)33-44(39,43-21-10-8-19(9-11-21)20-7-6-17(3)22(30)14-20)40-15-23-25(36)29(5,31)27(42-23)34-13-12-24(35)32-28(34)38/h6-14,16,18,23,25,27,36H,15H2,1-5H3,(H,33,39)(H,32,35,38). The molecule has 15 heteroatoms. The average Bonchev–Trinajstić information content (AvgIpc) is 3.17. The monoisotopic (exact) mass is 637 g/mol. The minimum Gasteiger partial charge on any atom is -0.462 e. The van der Waals surface area contributed by atoms with E-state index in [1.165, 1.54) is 25.1 Å². The smallest absolute Gasteiger partial charge is 0.459 e. The summed E-state index contributed by atoms with van der Waals surface area (Å²) in [6, 6.07) is 10.7. The van der Waals surface area contributed by atoms with Crippen molar-refractivity contribution in [2.45, 2.75) is 70.9 Å². The van der Waals surface area contributed by atoms with Gasteiger partial charge < -0.3 is 19.1 Å². The number of aromatic amines is 1. The third kappa shape index (κ3) is 7.51. The number of alkyl halides is 1. The van der Waals surface area contributed by atoms with Gasteiger partial charge >= 0.3 is 19.4 Å². The van der Waals surface area contributed by atoms with Crippen LogP contribution in [0.3, 0.4) is 0 Å². The average molecular weight is 638 g/mol. The lowest BCUT2D eigenvalue weighted by molar-refractivity contribution is -0.149. The molecule has 44 heavy (non-hydrogen) atoms. The van der Waals surface area contributed by atoms with Gasteiger partial charge in [-0.05, 0) is 69.5 Å². The summed E-state index contributed by atoms with van der Waals surface area (Å²) in [6.45, 7) is 6.58. The Kier molecular flexibility index (Phi) is 9.91. The fourth-order valence-electron chi connectivity index (χ4n) is 4.47. The predicted octanol–water partition coefficient (Wildman–Crippen LogP) is 3.77. The first-order chi connectivity index (χ1) is 20.6. The van der Waals surface area contributed by atoms with E-state index in [2.05, 4.69) is 5.09 Å². The summed E-state index contributed by atoms with van der Waals surface area (Å²) < 4.78 is 66.4. The summed E-state index contributed by atoms with van der Waals surface area (Å²) in [7, 11) is -4.47. The number of carbonyl (C=O) groups is 1. The Bertz CT molecular complexity index is 1660. The molecule has 1 fully saturated rings. The molecule has 6 atom stereocenters. The predicted molar refractivity (Wildman–Crippen MR) is 155 cm³/mol. The third-order valence-electron chi connectivity index (χ3n) is 6.87. The molecule has 3 aromatic rings. The summed E-state index contributed by atoms with van der Waals surface area (Å²) in [6.07, 6.45) is -4.43. The molecule has 2 aromatic carbocycles. The topological polar surface area (TPSA) is 158 Å². The zero-order valence-electron chi connectivity index (χ0n) is 24.7. The van der Waals surface area contributed by atoms with Gasteiger partial charge in [-0.25, -0.2) is 18.1 Å². The first kappa shape index (κ1) is 33.2. The van der Waals surface area contributed by atoms with Crippen LogP contribution in [-0.4, -0.2) is 57.3 Å². The number of aliphatic hydroxyl groups excluding tert-OH is 1. The number of esters is 1. The van der Waals surface area contributed by atoms with E-state index in [4.69, 9.17) is 18.5 Å². The maximum Gasteiger partial charge on any atom is 0.459 e. The number of aliphatic hydroxyl groups is 1. The van der Waals surface area contributed by atoms with Crippen molar-refractivity contribution in [1.29, 1.82) is 0 Å². The van der Waals surface area contributed by atoms with E-state index in [-0.39, 0.29) is 11.6 Å². The molecule has 1 aliphatic rings. The van der Waals surface area contributed by atoms with Crippen molar-refractivity contribution in [3.63, 3.8) is 0 Å². The highest BCUT2D eigenvalue weighted by Crippen LogP contribution is 2.47. The van der Waals surface area contributed by atoms with Crippen LogP contribution in [0.2, 0.25) is 0 Å². The van der Waals surface area contributed by atoms with Crippen molar-refractivity contribution in [2.24, 2.45) is 0 Å². The molecule has 0 saturated carbocycles. The second kappa shape index (κ2) is 13.1. The van der Waals surface area contributed by atoms with Crippen molar-refractivity contribution < 1.29 is 41.8 Å². The highest BCUT2D eigenvalue weighted by molar-refractivity contribution is 7.52. The van der Waals surface area contributed by atoms with E-state index in [1.54, 1.807) is 45.0 Å². The third-order valence-corrected chi connectivity index (χ3v) is 8.52. The van der Waals surface area contributed by atoms with Gasteiger partial charge in [-0.1, -0.05) is 24.3 Å². The van der Waals surface area contributed by atoms with Crippen molar-refractivity contribution in [1.82, 2.24) is 14.6 Å². The first-order valence-corrected chi connectivity index (χ1v) is 15.3. The molecule has 6 unspecified atom stereocenters. The summed E-state index contributed by atoms with van der Waals surface area (Å²) in [5.74, 6) is -1.08. The highest BCUT2D eigenvalue weighted by Gasteiger charge is 2.56. The fourth-order valence-corrected chi connectivity index (χ4v) is 5.97. The molecule has 1 aromatic heterocycles. The quantitative estimate of drug-likeness (QED) is 0.209. The van der Waals surface area contributed by atoms with Gasteiger partial charge in [-0.2, -0.15) is 5.09 Å². The van der Waals surface area contributed by atoms with Gasteiger partial charge in [-0.3, -0.25) is 23.7 Å². The first-order valence-electron chi connectivity index (χ1n) is 13.7. The molecular formula is C29H34F2N3O9P. The van der Waals surface area contributed by atoms with Crippen LogP contribution >= 0.6 is 7.75 Å². The van der Waals surface area contributed by atoms with E-state index < -0.39 is 67.8 Å². The Hall–Kier alpha value is -3.68. The zero-order chi connectivity index (χ0) is 32.4.